The Labute approximate surface area is 219 Å². The van der Waals surface area contributed by atoms with Crippen LogP contribution in [0.1, 0.15) is 18.1 Å². The molecule has 3 aliphatic heterocycles. The highest BCUT2D eigenvalue weighted by Gasteiger charge is 2.60. The predicted molar refractivity (Wildman–Crippen MR) is 147 cm³/mol. The first-order chi connectivity index (χ1) is 16.9. The smallest absolute Gasteiger partial charge is 0.261 e. The lowest BCUT2D eigenvalue weighted by molar-refractivity contribution is -0.125. The molecule has 0 radical (unpaired) electrons. The number of hydrogen-bond acceptors (Lipinski definition) is 4. The molecule has 1 fully saturated rings. The van der Waals surface area contributed by atoms with Crippen LogP contribution in [-0.2, 0) is 11.2 Å². The molecule has 35 heavy (non-hydrogen) atoms. The van der Waals surface area contributed by atoms with Crippen molar-refractivity contribution in [1.82, 2.24) is 0 Å². The van der Waals surface area contributed by atoms with Gasteiger partial charge in [-0.2, -0.15) is 10.1 Å². The Morgan fingerprint density at radius 3 is 2.57 bits per heavy atom. The number of carbonyl (C=O) groups excluding carboxylic acids is 1. The zero-order chi connectivity index (χ0) is 24.3. The van der Waals surface area contributed by atoms with Gasteiger partial charge in [0.2, 0.25) is 0 Å². The summed E-state index contributed by atoms with van der Waals surface area (Å²) in [6.45, 7) is 6.46. The van der Waals surface area contributed by atoms with Crippen molar-refractivity contribution in [3.63, 3.8) is 0 Å². The minimum absolute atomic E-state index is 0.0457. The van der Waals surface area contributed by atoms with Crippen molar-refractivity contribution in [2.45, 2.75) is 26.3 Å². The monoisotopic (exact) mass is 548 g/mol. The number of halogens is 2. The van der Waals surface area contributed by atoms with Crippen LogP contribution in [0.2, 0.25) is 5.02 Å². The first kappa shape index (κ1) is 22.6. The summed E-state index contributed by atoms with van der Waals surface area (Å²) in [5, 5.41) is 7.21. The van der Waals surface area contributed by atoms with Gasteiger partial charge in [-0.1, -0.05) is 51.3 Å². The summed E-state index contributed by atoms with van der Waals surface area (Å²) in [5.41, 5.74) is 5.58. The summed E-state index contributed by atoms with van der Waals surface area (Å²) in [7, 11) is 0. The van der Waals surface area contributed by atoms with E-state index in [0.717, 1.165) is 51.8 Å². The highest BCUT2D eigenvalue weighted by Crippen LogP contribution is 2.49. The van der Waals surface area contributed by atoms with E-state index in [2.05, 4.69) is 50.0 Å². The second-order valence-electron chi connectivity index (χ2n) is 9.69. The molecule has 0 N–H and O–H groups in total. The Balaban J connectivity index is 1.46. The molecule has 3 aromatic rings. The zero-order valence-corrected chi connectivity index (χ0v) is 22.1. The van der Waals surface area contributed by atoms with Crippen LogP contribution in [0.5, 0.6) is 0 Å². The number of piperazine rings is 1. The topological polar surface area (TPSA) is 39.2 Å². The molecule has 0 unspecified atom stereocenters. The lowest BCUT2D eigenvalue weighted by Crippen LogP contribution is -2.67. The molecule has 0 aliphatic carbocycles. The van der Waals surface area contributed by atoms with Crippen molar-refractivity contribution < 1.29 is 4.79 Å². The van der Waals surface area contributed by atoms with E-state index in [4.69, 9.17) is 16.7 Å². The third-order valence-electron chi connectivity index (χ3n) is 7.69. The molecule has 1 amide bonds. The number of aryl methyl sites for hydroxylation is 1. The van der Waals surface area contributed by atoms with E-state index in [-0.39, 0.29) is 11.9 Å². The Kier molecular flexibility index (Phi) is 5.42. The number of fused-ring (bicyclic) bond motifs is 4. The van der Waals surface area contributed by atoms with Crippen molar-refractivity contribution in [3.8, 4) is 0 Å². The SMILES string of the molecule is CC1=NN(c2ccc(C)cc2)C(=O)[C@]12Cc1cc(Br)ccc1N1CCN(c3cccc(Cl)c3)C[C@H]12. The molecule has 1 spiro atoms. The number of carbonyl (C=O) groups is 1. The van der Waals surface area contributed by atoms with Crippen molar-refractivity contribution >= 4 is 56.2 Å². The highest BCUT2D eigenvalue weighted by atomic mass is 79.9. The van der Waals surface area contributed by atoms with Gasteiger partial charge in [-0.05, 0) is 74.4 Å². The third-order valence-corrected chi connectivity index (χ3v) is 8.42. The molecule has 3 aliphatic rings. The normalized spacial score (nSPS) is 23.4. The van der Waals surface area contributed by atoms with Crippen molar-refractivity contribution in [3.05, 3.63) is 87.4 Å². The van der Waals surface area contributed by atoms with E-state index in [1.54, 1.807) is 5.01 Å². The van der Waals surface area contributed by atoms with Crippen molar-refractivity contribution in [1.29, 1.82) is 0 Å². The number of benzene rings is 3. The van der Waals surface area contributed by atoms with Crippen molar-refractivity contribution in [2.24, 2.45) is 10.5 Å². The van der Waals surface area contributed by atoms with E-state index < -0.39 is 5.41 Å². The van der Waals surface area contributed by atoms with Crippen LogP contribution in [0.15, 0.2) is 76.3 Å². The lowest BCUT2D eigenvalue weighted by Gasteiger charge is -2.53. The third kappa shape index (κ3) is 3.57. The number of amides is 1. The van der Waals surface area contributed by atoms with Gasteiger partial charge >= 0.3 is 0 Å². The van der Waals surface area contributed by atoms with E-state index in [1.165, 1.54) is 11.3 Å². The Morgan fingerprint density at radius 2 is 1.80 bits per heavy atom. The summed E-state index contributed by atoms with van der Waals surface area (Å²) < 4.78 is 1.03. The first-order valence-corrected chi connectivity index (χ1v) is 13.1. The number of nitrogens with zero attached hydrogens (tertiary/aromatic N) is 4. The number of rotatable bonds is 2. The zero-order valence-electron chi connectivity index (χ0n) is 19.7. The molecule has 0 saturated carbocycles. The second kappa shape index (κ2) is 8.38. The van der Waals surface area contributed by atoms with Gasteiger partial charge in [0.25, 0.3) is 5.91 Å². The maximum atomic E-state index is 14.4. The van der Waals surface area contributed by atoms with Crippen LogP contribution < -0.4 is 14.8 Å². The van der Waals surface area contributed by atoms with Crippen LogP contribution in [0, 0.1) is 12.3 Å². The number of anilines is 3. The fourth-order valence-corrected chi connectivity index (χ4v) is 6.46. The molecule has 1 saturated heterocycles. The molecule has 178 valence electrons. The maximum Gasteiger partial charge on any atom is 0.261 e. The molecule has 2 atom stereocenters. The van der Waals surface area contributed by atoms with E-state index in [9.17, 15) is 4.79 Å². The average molecular weight is 550 g/mol. The predicted octanol–water partition coefficient (Wildman–Crippen LogP) is 6.07. The second-order valence-corrected chi connectivity index (χ2v) is 11.0. The fourth-order valence-electron chi connectivity index (χ4n) is 5.87. The van der Waals surface area contributed by atoms with Gasteiger partial charge in [0.15, 0.2) is 0 Å². The molecule has 0 aromatic heterocycles. The first-order valence-electron chi connectivity index (χ1n) is 11.9. The number of hydrogen-bond donors (Lipinski definition) is 0. The molecular formula is C28H26BrClN4O. The van der Waals surface area contributed by atoms with Crippen LogP contribution in [0.25, 0.3) is 0 Å². The fraction of sp³-hybridized carbons (Fsp3) is 0.286. The quantitative estimate of drug-likeness (QED) is 0.389. The van der Waals surface area contributed by atoms with Gasteiger partial charge in [-0.25, -0.2) is 0 Å². The standard InChI is InChI=1S/C28H26BrClN4O/c1-18-6-9-23(10-7-18)34-27(35)28(19(2)31-34)16-20-14-21(29)8-11-25(20)33-13-12-32(17-26(28)33)24-5-3-4-22(30)15-24/h3-11,14-15,26H,12-13,16-17H2,1-2H3/t26-,28+/m0/s1. The van der Waals surface area contributed by atoms with Crippen molar-refractivity contribution in [2.75, 3.05) is 34.4 Å². The van der Waals surface area contributed by atoms with Gasteiger partial charge in [0, 0.05) is 40.5 Å². The van der Waals surface area contributed by atoms with Gasteiger partial charge < -0.3 is 9.80 Å². The van der Waals surface area contributed by atoms with E-state index in [1.807, 2.05) is 56.3 Å². The van der Waals surface area contributed by atoms with Gasteiger partial charge in [0.05, 0.1) is 17.4 Å². The molecule has 7 heteroatoms. The average Bonchev–Trinajstić information content (AvgIpc) is 3.09. The van der Waals surface area contributed by atoms with Crippen LogP contribution in [0.4, 0.5) is 17.1 Å². The molecule has 0 bridgehead atoms. The summed E-state index contributed by atoms with van der Waals surface area (Å²) in [5.74, 6) is 0.0485. The lowest BCUT2D eigenvalue weighted by atomic mass is 9.67. The Bertz CT molecular complexity index is 1360. The van der Waals surface area contributed by atoms with Gasteiger partial charge in [-0.15, -0.1) is 0 Å². The van der Waals surface area contributed by atoms with Crippen LogP contribution in [-0.4, -0.2) is 37.3 Å². The summed E-state index contributed by atoms with van der Waals surface area (Å²) >= 11 is 9.97. The molecular weight excluding hydrogens is 524 g/mol. The van der Waals surface area contributed by atoms with Gasteiger partial charge in [-0.3, -0.25) is 4.79 Å². The summed E-state index contributed by atoms with van der Waals surface area (Å²) in [6.07, 6.45) is 0.628. The number of hydrazone groups is 1. The molecule has 5 nitrogen and oxygen atoms in total. The molecule has 3 aromatic carbocycles. The van der Waals surface area contributed by atoms with Crippen LogP contribution in [0.3, 0.4) is 0 Å². The maximum absolute atomic E-state index is 14.4. The van der Waals surface area contributed by atoms with E-state index >= 15 is 0 Å². The van der Waals surface area contributed by atoms with Crippen LogP contribution >= 0.6 is 27.5 Å². The van der Waals surface area contributed by atoms with Gasteiger partial charge in [0.1, 0.15) is 5.41 Å². The molecule has 6 rings (SSSR count). The Morgan fingerprint density at radius 1 is 1.00 bits per heavy atom. The van der Waals surface area contributed by atoms with E-state index in [0.29, 0.717) is 6.42 Å². The largest absolute Gasteiger partial charge is 0.368 e. The molecule has 3 heterocycles. The summed E-state index contributed by atoms with van der Waals surface area (Å²) in [4.78, 5) is 19.1. The minimum Gasteiger partial charge on any atom is -0.368 e. The summed E-state index contributed by atoms with van der Waals surface area (Å²) in [6, 6.07) is 22.4. The highest BCUT2D eigenvalue weighted by molar-refractivity contribution is 9.10. The minimum atomic E-state index is -0.740. The Hall–Kier alpha value is -2.83.